The van der Waals surface area contributed by atoms with Gasteiger partial charge in [-0.3, -0.25) is 28.9 Å². The third kappa shape index (κ3) is 3.63. The molecule has 5 rings (SSSR count). The zero-order valence-electron chi connectivity index (χ0n) is 20.1. The molecule has 2 N–H and O–H groups in total. The number of aromatic hydroxyl groups is 1. The number of aliphatic carboxylic acids is 1. The van der Waals surface area contributed by atoms with Crippen molar-refractivity contribution in [1.29, 1.82) is 0 Å². The van der Waals surface area contributed by atoms with Crippen LogP contribution < -0.4 is 0 Å². The van der Waals surface area contributed by atoms with Gasteiger partial charge < -0.3 is 10.2 Å². The van der Waals surface area contributed by atoms with Crippen molar-refractivity contribution in [3.05, 3.63) is 63.8 Å². The van der Waals surface area contributed by atoms with Crippen LogP contribution in [-0.4, -0.2) is 51.0 Å². The van der Waals surface area contributed by atoms with Gasteiger partial charge in [0.05, 0.1) is 11.8 Å². The summed E-state index contributed by atoms with van der Waals surface area (Å²) in [7, 11) is 0. The lowest BCUT2D eigenvalue weighted by Gasteiger charge is -2.42. The van der Waals surface area contributed by atoms with E-state index in [1.165, 1.54) is 11.0 Å². The summed E-state index contributed by atoms with van der Waals surface area (Å²) in [6.07, 6.45) is 3.87. The van der Waals surface area contributed by atoms with Gasteiger partial charge in [-0.2, -0.15) is 0 Å². The molecule has 1 aliphatic heterocycles. The predicted molar refractivity (Wildman–Crippen MR) is 128 cm³/mol. The smallest absolute Gasteiger partial charge is 0.303 e. The zero-order chi connectivity index (χ0) is 25.9. The maximum absolute atomic E-state index is 13.5. The Morgan fingerprint density at radius 1 is 1.08 bits per heavy atom. The van der Waals surface area contributed by atoms with E-state index < -0.39 is 29.6 Å². The van der Waals surface area contributed by atoms with Crippen LogP contribution in [0.4, 0.5) is 0 Å². The molecule has 3 aliphatic carbocycles. The summed E-state index contributed by atoms with van der Waals surface area (Å²) in [6, 6.07) is 5.09. The minimum Gasteiger partial charge on any atom is -0.508 e. The van der Waals surface area contributed by atoms with Crippen molar-refractivity contribution in [2.45, 2.75) is 45.4 Å². The van der Waals surface area contributed by atoms with E-state index in [-0.39, 0.29) is 54.9 Å². The highest BCUT2D eigenvalue weighted by atomic mass is 16.4. The standard InChI is InChI=1S/C28H27NO7/c1-13-10-15(5-8-20(13)30)23-16-6-7-17-24(28(36)29(27(17)35)9-3-4-22(32)33)18(16)12-19-21(31)11-14(2)26(34)25(19)23/h5-6,8,10-11,17-18,23-24,30H,3-4,7,9,12H2,1-2H3,(H,32,33). The molecule has 1 aromatic rings. The normalized spacial score (nSPS) is 27.4. The van der Waals surface area contributed by atoms with Crippen molar-refractivity contribution in [1.82, 2.24) is 4.90 Å². The van der Waals surface area contributed by atoms with E-state index in [2.05, 4.69) is 0 Å². The van der Waals surface area contributed by atoms with Gasteiger partial charge in [0.1, 0.15) is 5.75 Å². The number of likely N-dealkylation sites (tertiary alicyclic amines) is 1. The van der Waals surface area contributed by atoms with Crippen LogP contribution in [0.3, 0.4) is 0 Å². The van der Waals surface area contributed by atoms with Crippen molar-refractivity contribution in [3.63, 3.8) is 0 Å². The van der Waals surface area contributed by atoms with Gasteiger partial charge in [-0.25, -0.2) is 0 Å². The SMILES string of the molecule is CC1=CC(=O)C2=C(C1=O)C(c1ccc(O)c(C)c1)C1=CCC3C(=O)N(CCCC(=O)O)C(=O)C3C1C2. The summed E-state index contributed by atoms with van der Waals surface area (Å²) in [5.74, 6) is -4.16. The molecule has 8 heteroatoms. The Bertz CT molecular complexity index is 1330. The van der Waals surface area contributed by atoms with Gasteiger partial charge in [0.2, 0.25) is 11.8 Å². The number of imide groups is 1. The molecule has 1 aromatic carbocycles. The highest BCUT2D eigenvalue weighted by Gasteiger charge is 2.56. The highest BCUT2D eigenvalue weighted by molar-refractivity contribution is 6.23. The molecule has 0 saturated carbocycles. The Kier molecular flexibility index (Phi) is 5.77. The van der Waals surface area contributed by atoms with Crippen LogP contribution in [0.5, 0.6) is 5.75 Å². The fourth-order valence-electron chi connectivity index (χ4n) is 6.27. The van der Waals surface area contributed by atoms with Crippen molar-refractivity contribution in [2.75, 3.05) is 6.54 Å². The number of phenolic OH excluding ortho intramolecular Hbond substituents is 1. The highest BCUT2D eigenvalue weighted by Crippen LogP contribution is 2.55. The Morgan fingerprint density at radius 3 is 2.53 bits per heavy atom. The number of carbonyl (C=O) groups is 5. The van der Waals surface area contributed by atoms with Gasteiger partial charge in [0, 0.05) is 35.6 Å². The molecule has 0 radical (unpaired) electrons. The second kappa shape index (κ2) is 8.69. The van der Waals surface area contributed by atoms with E-state index in [1.54, 1.807) is 32.0 Å². The van der Waals surface area contributed by atoms with Crippen LogP contribution in [0.15, 0.2) is 52.6 Å². The van der Waals surface area contributed by atoms with E-state index in [0.717, 1.165) is 11.1 Å². The maximum atomic E-state index is 13.5. The molecule has 4 unspecified atom stereocenters. The molecule has 1 fully saturated rings. The second-order valence-corrected chi connectivity index (χ2v) is 10.1. The number of carboxylic acids is 1. The van der Waals surface area contributed by atoms with Crippen molar-refractivity contribution in [3.8, 4) is 5.75 Å². The number of rotatable bonds is 5. The number of nitrogens with zero attached hydrogens (tertiary/aromatic N) is 1. The molecule has 0 spiro atoms. The molecular formula is C28H27NO7. The van der Waals surface area contributed by atoms with Crippen LogP contribution in [0, 0.1) is 24.7 Å². The minimum absolute atomic E-state index is 0.0485. The van der Waals surface area contributed by atoms with Gasteiger partial charge in [-0.1, -0.05) is 23.8 Å². The molecule has 2 amide bonds. The third-order valence-corrected chi connectivity index (χ3v) is 7.98. The average Bonchev–Trinajstić information content (AvgIpc) is 3.08. The van der Waals surface area contributed by atoms with Gasteiger partial charge in [-0.15, -0.1) is 0 Å². The molecule has 4 aliphatic rings. The van der Waals surface area contributed by atoms with Crippen molar-refractivity contribution in [2.24, 2.45) is 17.8 Å². The fraction of sp³-hybridized carbons (Fsp3) is 0.393. The molecule has 1 heterocycles. The van der Waals surface area contributed by atoms with E-state index in [0.29, 0.717) is 28.7 Å². The van der Waals surface area contributed by atoms with Gasteiger partial charge >= 0.3 is 5.97 Å². The molecule has 1 saturated heterocycles. The number of ketones is 2. The lowest BCUT2D eigenvalue weighted by molar-refractivity contribution is -0.142. The lowest BCUT2D eigenvalue weighted by atomic mass is 9.59. The lowest BCUT2D eigenvalue weighted by Crippen LogP contribution is -2.40. The molecule has 36 heavy (non-hydrogen) atoms. The number of aryl methyl sites for hydroxylation is 1. The summed E-state index contributed by atoms with van der Waals surface area (Å²) in [6.45, 7) is 3.43. The summed E-state index contributed by atoms with van der Waals surface area (Å²) < 4.78 is 0. The minimum atomic E-state index is -0.988. The Labute approximate surface area is 208 Å². The molecular weight excluding hydrogens is 462 g/mol. The molecule has 4 atom stereocenters. The summed E-state index contributed by atoms with van der Waals surface area (Å²) in [5.41, 5.74) is 3.39. The number of Topliss-reactive ketones (excluding diaryl/α,β-unsaturated/α-hetero) is 1. The monoisotopic (exact) mass is 489 g/mol. The van der Waals surface area contributed by atoms with E-state index in [1.807, 2.05) is 6.08 Å². The second-order valence-electron chi connectivity index (χ2n) is 10.1. The number of hydrogen-bond donors (Lipinski definition) is 2. The topological polar surface area (TPSA) is 129 Å². The quantitative estimate of drug-likeness (QED) is 0.370. The zero-order valence-corrected chi connectivity index (χ0v) is 20.1. The molecule has 8 nitrogen and oxygen atoms in total. The molecule has 0 bridgehead atoms. The van der Waals surface area contributed by atoms with E-state index >= 15 is 0 Å². The first-order valence-electron chi connectivity index (χ1n) is 12.2. The van der Waals surface area contributed by atoms with Crippen molar-refractivity contribution >= 4 is 29.4 Å². The van der Waals surface area contributed by atoms with Gasteiger partial charge in [0.25, 0.3) is 0 Å². The van der Waals surface area contributed by atoms with Crippen LogP contribution in [-0.2, 0) is 24.0 Å². The largest absolute Gasteiger partial charge is 0.508 e. The summed E-state index contributed by atoms with van der Waals surface area (Å²) in [5, 5.41) is 19.0. The first kappa shape index (κ1) is 23.9. The molecule has 186 valence electrons. The third-order valence-electron chi connectivity index (χ3n) is 7.98. The number of carboxylic acid groups (broad SMARTS) is 1. The number of allylic oxidation sites excluding steroid dienone is 6. The number of benzene rings is 1. The first-order valence-corrected chi connectivity index (χ1v) is 12.2. The first-order chi connectivity index (χ1) is 17.1. The number of phenols is 1. The van der Waals surface area contributed by atoms with Gasteiger partial charge in [-0.05, 0) is 62.3 Å². The van der Waals surface area contributed by atoms with Crippen LogP contribution in [0.25, 0.3) is 0 Å². The van der Waals surface area contributed by atoms with Crippen LogP contribution >= 0.6 is 0 Å². The Balaban J connectivity index is 1.58. The van der Waals surface area contributed by atoms with E-state index in [4.69, 9.17) is 5.11 Å². The van der Waals surface area contributed by atoms with Crippen LogP contribution in [0.1, 0.15) is 49.7 Å². The Morgan fingerprint density at radius 2 is 1.83 bits per heavy atom. The average molecular weight is 490 g/mol. The number of carbonyl (C=O) groups excluding carboxylic acids is 4. The van der Waals surface area contributed by atoms with Gasteiger partial charge in [0.15, 0.2) is 11.6 Å². The molecule has 0 aromatic heterocycles. The number of fused-ring (bicyclic) bond motifs is 3. The maximum Gasteiger partial charge on any atom is 0.303 e. The number of amides is 2. The Hall–Kier alpha value is -3.81. The summed E-state index contributed by atoms with van der Waals surface area (Å²) in [4.78, 5) is 65.2. The predicted octanol–water partition coefficient (Wildman–Crippen LogP) is 2.99. The number of hydrogen-bond acceptors (Lipinski definition) is 6. The van der Waals surface area contributed by atoms with Crippen molar-refractivity contribution < 1.29 is 34.2 Å². The van der Waals surface area contributed by atoms with Crippen LogP contribution in [0.2, 0.25) is 0 Å². The fourth-order valence-corrected chi connectivity index (χ4v) is 6.27. The summed E-state index contributed by atoms with van der Waals surface area (Å²) >= 11 is 0. The van der Waals surface area contributed by atoms with E-state index in [9.17, 15) is 29.1 Å².